The Hall–Kier alpha value is -4.21. The van der Waals surface area contributed by atoms with Gasteiger partial charge in [-0.05, 0) is 49.5 Å². The third kappa shape index (κ3) is 4.46. The van der Waals surface area contributed by atoms with Crippen LogP contribution in [-0.2, 0) is 0 Å². The van der Waals surface area contributed by atoms with Gasteiger partial charge in [0.15, 0.2) is 5.65 Å². The van der Waals surface area contributed by atoms with E-state index in [1.165, 1.54) is 12.3 Å². The number of aromatic nitrogens is 4. The molecule has 1 aliphatic heterocycles. The van der Waals surface area contributed by atoms with E-state index >= 15 is 0 Å². The maximum absolute atomic E-state index is 12.9. The van der Waals surface area contributed by atoms with E-state index < -0.39 is 5.91 Å². The molecule has 0 spiro atoms. The van der Waals surface area contributed by atoms with Crippen molar-refractivity contribution in [1.82, 2.24) is 24.9 Å². The van der Waals surface area contributed by atoms with Gasteiger partial charge in [0.2, 0.25) is 5.88 Å². The second-order valence-corrected chi connectivity index (χ2v) is 8.82. The quantitative estimate of drug-likeness (QED) is 0.429. The molecule has 180 valence electrons. The fraction of sp³-hybridized carbons (Fsp3) is 0.320. The summed E-state index contributed by atoms with van der Waals surface area (Å²) in [5, 5.41) is 14.9. The molecule has 4 N–H and O–H groups in total. The molecule has 10 nitrogen and oxygen atoms in total. The van der Waals surface area contributed by atoms with Gasteiger partial charge in [0.1, 0.15) is 17.2 Å². The number of rotatable bonds is 8. The monoisotopic (exact) mass is 472 g/mol. The molecule has 10 heteroatoms. The molecule has 1 amide bonds. The Morgan fingerprint density at radius 2 is 2.17 bits per heavy atom. The molecule has 0 radical (unpaired) electrons. The zero-order valence-corrected chi connectivity index (χ0v) is 19.6. The summed E-state index contributed by atoms with van der Waals surface area (Å²) >= 11 is 0. The van der Waals surface area contributed by atoms with Gasteiger partial charge in [0.25, 0.3) is 5.91 Å². The largest absolute Gasteiger partial charge is 0.481 e. The van der Waals surface area contributed by atoms with Crippen molar-refractivity contribution in [3.8, 4) is 5.88 Å². The average molecular weight is 473 g/mol. The van der Waals surface area contributed by atoms with Gasteiger partial charge in [-0.1, -0.05) is 12.7 Å². The molecule has 0 aromatic carbocycles. The topological polar surface area (TPSA) is 135 Å². The van der Waals surface area contributed by atoms with Gasteiger partial charge in [0.05, 0.1) is 19.3 Å². The van der Waals surface area contributed by atoms with Crippen LogP contribution in [-0.4, -0.2) is 44.9 Å². The number of nitrogens with one attached hydrogen (secondary N) is 2. The Morgan fingerprint density at radius 3 is 2.91 bits per heavy atom. The lowest BCUT2D eigenvalue weighted by atomic mass is 10.0. The number of hydrogen-bond acceptors (Lipinski definition) is 8. The zero-order valence-electron chi connectivity index (χ0n) is 19.6. The van der Waals surface area contributed by atoms with Gasteiger partial charge in [0, 0.05) is 36.1 Å². The van der Waals surface area contributed by atoms with Crippen molar-refractivity contribution in [1.29, 1.82) is 5.41 Å². The average Bonchev–Trinajstić information content (AvgIpc) is 3.45. The maximum Gasteiger partial charge on any atom is 0.262 e. The summed E-state index contributed by atoms with van der Waals surface area (Å²) in [4.78, 5) is 24.4. The van der Waals surface area contributed by atoms with Crippen molar-refractivity contribution in [3.05, 3.63) is 65.9 Å². The van der Waals surface area contributed by atoms with Crippen molar-refractivity contribution in [2.24, 2.45) is 11.7 Å². The standard InChI is InChI=1S/C25H28N8O2/c1-3-15-11-17(25(35-2)28-13-15)20-5-4-9-32(20)22-8-10-33-23(31-22)18(14-29-33)24(34)30-21(27)12-19(26)16-6-7-16/h3,8,10-14,16,20,26H,1,4-7,9,27H2,2H3,(H,30,34)/b21-12+,26-19?/t20-/m1/s1. The van der Waals surface area contributed by atoms with E-state index in [4.69, 9.17) is 20.9 Å². The molecule has 1 saturated heterocycles. The summed E-state index contributed by atoms with van der Waals surface area (Å²) in [6.45, 7) is 4.66. The van der Waals surface area contributed by atoms with Crippen molar-refractivity contribution in [2.75, 3.05) is 18.6 Å². The molecular weight excluding hydrogens is 444 g/mol. The van der Waals surface area contributed by atoms with Crippen LogP contribution in [0.3, 0.4) is 0 Å². The molecule has 1 saturated carbocycles. The minimum absolute atomic E-state index is 0.0273. The molecule has 0 unspecified atom stereocenters. The fourth-order valence-corrected chi connectivity index (χ4v) is 4.47. The molecule has 0 bridgehead atoms. The van der Waals surface area contributed by atoms with Gasteiger partial charge in [-0.25, -0.2) is 14.5 Å². The number of carbonyl (C=O) groups is 1. The Balaban J connectivity index is 1.43. The van der Waals surface area contributed by atoms with Crippen LogP contribution in [0.2, 0.25) is 0 Å². The van der Waals surface area contributed by atoms with Crippen LogP contribution >= 0.6 is 0 Å². The number of allylic oxidation sites excluding steroid dienone is 1. The predicted molar refractivity (Wildman–Crippen MR) is 133 cm³/mol. The second-order valence-electron chi connectivity index (χ2n) is 8.82. The number of ether oxygens (including phenoxy) is 1. The number of pyridine rings is 1. The van der Waals surface area contributed by atoms with Gasteiger partial charge >= 0.3 is 0 Å². The molecule has 5 rings (SSSR count). The number of fused-ring (bicyclic) bond motifs is 1. The highest BCUT2D eigenvalue weighted by molar-refractivity contribution is 6.02. The molecule has 3 aromatic rings. The van der Waals surface area contributed by atoms with Crippen LogP contribution in [0, 0.1) is 11.3 Å². The Labute approximate surface area is 203 Å². The van der Waals surface area contributed by atoms with E-state index in [2.05, 4.69) is 26.9 Å². The second kappa shape index (κ2) is 9.21. The number of nitrogens with two attached hydrogens (primary N) is 1. The van der Waals surface area contributed by atoms with Crippen LogP contribution in [0.1, 0.15) is 53.2 Å². The Morgan fingerprint density at radius 1 is 1.34 bits per heavy atom. The normalized spacial score (nSPS) is 18.0. The highest BCUT2D eigenvalue weighted by atomic mass is 16.5. The molecule has 2 fully saturated rings. The van der Waals surface area contributed by atoms with Crippen LogP contribution in [0.5, 0.6) is 5.88 Å². The lowest BCUT2D eigenvalue weighted by Crippen LogP contribution is -2.28. The molecule has 3 aromatic heterocycles. The van der Waals surface area contributed by atoms with Gasteiger partial charge in [-0.3, -0.25) is 4.79 Å². The highest BCUT2D eigenvalue weighted by Gasteiger charge is 2.31. The number of methoxy groups -OCH3 is 1. The van der Waals surface area contributed by atoms with Gasteiger partial charge in [-0.2, -0.15) is 5.10 Å². The van der Waals surface area contributed by atoms with Crippen molar-refractivity contribution >= 4 is 29.2 Å². The number of carbonyl (C=O) groups excluding carboxylic acids is 1. The van der Waals surface area contributed by atoms with Crippen molar-refractivity contribution in [2.45, 2.75) is 31.7 Å². The van der Waals surface area contributed by atoms with Crippen LogP contribution in [0.4, 0.5) is 5.82 Å². The van der Waals surface area contributed by atoms with Gasteiger partial charge in [-0.15, -0.1) is 0 Å². The van der Waals surface area contributed by atoms with Crippen molar-refractivity contribution < 1.29 is 9.53 Å². The first-order valence-corrected chi connectivity index (χ1v) is 11.6. The highest BCUT2D eigenvalue weighted by Crippen LogP contribution is 2.39. The summed E-state index contributed by atoms with van der Waals surface area (Å²) in [5.41, 5.74) is 9.04. The van der Waals surface area contributed by atoms with E-state index in [1.54, 1.807) is 30.1 Å². The first-order valence-electron chi connectivity index (χ1n) is 11.6. The third-order valence-corrected chi connectivity index (χ3v) is 6.42. The minimum atomic E-state index is -0.412. The van der Waals surface area contributed by atoms with Crippen LogP contribution in [0.25, 0.3) is 11.7 Å². The summed E-state index contributed by atoms with van der Waals surface area (Å²) in [7, 11) is 1.62. The molecule has 1 aliphatic carbocycles. The Bertz CT molecular complexity index is 1340. The van der Waals surface area contributed by atoms with E-state index in [0.717, 1.165) is 49.2 Å². The van der Waals surface area contributed by atoms with E-state index in [1.807, 2.05) is 12.1 Å². The molecule has 2 aliphatic rings. The Kier molecular flexibility index (Phi) is 5.94. The molecule has 35 heavy (non-hydrogen) atoms. The first kappa shape index (κ1) is 22.6. The number of amides is 1. The molecule has 1 atom stereocenters. The third-order valence-electron chi connectivity index (χ3n) is 6.42. The SMILES string of the molecule is C=Cc1cnc(OC)c([C@H]2CCCN2c2ccn3ncc(C(=O)N/C(N)=C/C(=N)C4CC4)c3n2)c1. The fourth-order valence-electron chi connectivity index (χ4n) is 4.47. The predicted octanol–water partition coefficient (Wildman–Crippen LogP) is 3.08. The summed E-state index contributed by atoms with van der Waals surface area (Å²) < 4.78 is 7.11. The number of hydrogen-bond donors (Lipinski definition) is 3. The van der Waals surface area contributed by atoms with Crippen molar-refractivity contribution in [3.63, 3.8) is 0 Å². The number of anilines is 1. The molecule has 4 heterocycles. The lowest BCUT2D eigenvalue weighted by molar-refractivity contribution is 0.0967. The van der Waals surface area contributed by atoms with Crippen LogP contribution in [0.15, 0.2) is 49.2 Å². The summed E-state index contributed by atoms with van der Waals surface area (Å²) in [6.07, 6.45) is 12.2. The van der Waals surface area contributed by atoms with Crippen LogP contribution < -0.4 is 20.7 Å². The van der Waals surface area contributed by atoms with E-state index in [0.29, 0.717) is 22.8 Å². The maximum atomic E-state index is 12.9. The minimum Gasteiger partial charge on any atom is -0.481 e. The summed E-state index contributed by atoms with van der Waals surface area (Å²) in [6, 6.07) is 3.97. The smallest absolute Gasteiger partial charge is 0.262 e. The lowest BCUT2D eigenvalue weighted by Gasteiger charge is -2.27. The number of nitrogens with zero attached hydrogens (tertiary/aromatic N) is 5. The van der Waals surface area contributed by atoms with E-state index in [9.17, 15) is 4.79 Å². The van der Waals surface area contributed by atoms with Gasteiger partial charge < -0.3 is 26.1 Å². The summed E-state index contributed by atoms with van der Waals surface area (Å²) in [5.74, 6) is 1.30. The molecular formula is C25H28N8O2. The first-order chi connectivity index (χ1) is 17.0. The zero-order chi connectivity index (χ0) is 24.5. The van der Waals surface area contributed by atoms with E-state index in [-0.39, 0.29) is 17.8 Å².